The Morgan fingerprint density at radius 2 is 1.95 bits per heavy atom. The second-order valence-electron chi connectivity index (χ2n) is 4.92. The highest BCUT2D eigenvalue weighted by Gasteiger charge is 2.01. The van der Waals surface area contributed by atoms with Crippen LogP contribution in [0.15, 0.2) is 27.4 Å². The van der Waals surface area contributed by atoms with E-state index in [2.05, 4.69) is 17.2 Å². The van der Waals surface area contributed by atoms with Gasteiger partial charge < -0.3 is 9.73 Å². The van der Waals surface area contributed by atoms with E-state index in [9.17, 15) is 4.79 Å². The zero-order chi connectivity index (χ0) is 13.5. The third-order valence-electron chi connectivity index (χ3n) is 3.28. The lowest BCUT2D eigenvalue weighted by Gasteiger charge is -2.06. The predicted octanol–water partition coefficient (Wildman–Crippen LogP) is 3.89. The second-order valence-corrected chi connectivity index (χ2v) is 4.92. The molecule has 0 radical (unpaired) electrons. The number of hydrogen-bond donors (Lipinski definition) is 2. The Kier molecular flexibility index (Phi) is 5.07. The van der Waals surface area contributed by atoms with Gasteiger partial charge >= 0.3 is 5.76 Å². The molecule has 1 aromatic heterocycles. The summed E-state index contributed by atoms with van der Waals surface area (Å²) in [6.07, 6.45) is 7.77. The molecule has 4 heteroatoms. The van der Waals surface area contributed by atoms with Crippen molar-refractivity contribution in [2.45, 2.75) is 45.4 Å². The smallest absolute Gasteiger partial charge is 0.408 e. The molecule has 0 aliphatic heterocycles. The van der Waals surface area contributed by atoms with Crippen LogP contribution in [0.3, 0.4) is 0 Å². The third kappa shape index (κ3) is 4.16. The van der Waals surface area contributed by atoms with E-state index in [0.29, 0.717) is 5.58 Å². The normalized spacial score (nSPS) is 11.0. The molecule has 0 saturated heterocycles. The average molecular weight is 262 g/mol. The van der Waals surface area contributed by atoms with Gasteiger partial charge in [-0.2, -0.15) is 0 Å². The minimum atomic E-state index is -0.400. The molecule has 0 amide bonds. The fraction of sp³-hybridized carbons (Fsp3) is 0.533. The lowest BCUT2D eigenvalue weighted by Crippen LogP contribution is -2.01. The van der Waals surface area contributed by atoms with Crippen molar-refractivity contribution in [2.75, 3.05) is 11.9 Å². The van der Waals surface area contributed by atoms with Crippen LogP contribution in [0.1, 0.15) is 45.4 Å². The van der Waals surface area contributed by atoms with Crippen LogP contribution in [0, 0.1) is 0 Å². The number of hydrogen-bond acceptors (Lipinski definition) is 3. The number of H-pyrrole nitrogens is 1. The van der Waals surface area contributed by atoms with E-state index < -0.39 is 5.76 Å². The Hall–Kier alpha value is -1.71. The monoisotopic (exact) mass is 262 g/mol. The molecule has 19 heavy (non-hydrogen) atoms. The van der Waals surface area contributed by atoms with E-state index in [1.54, 1.807) is 0 Å². The summed E-state index contributed by atoms with van der Waals surface area (Å²) in [5, 5.41) is 3.37. The minimum absolute atomic E-state index is 0.400. The molecule has 1 aromatic carbocycles. The van der Waals surface area contributed by atoms with Crippen molar-refractivity contribution >= 4 is 16.8 Å². The molecule has 104 valence electrons. The van der Waals surface area contributed by atoms with Gasteiger partial charge in [-0.05, 0) is 24.6 Å². The van der Waals surface area contributed by atoms with E-state index in [1.165, 1.54) is 38.5 Å². The Morgan fingerprint density at radius 1 is 1.16 bits per heavy atom. The summed E-state index contributed by atoms with van der Waals surface area (Å²) in [4.78, 5) is 13.7. The molecule has 0 atom stereocenters. The van der Waals surface area contributed by atoms with Crippen LogP contribution < -0.4 is 11.1 Å². The lowest BCUT2D eigenvalue weighted by atomic mass is 10.1. The van der Waals surface area contributed by atoms with Crippen LogP contribution in [-0.4, -0.2) is 11.5 Å². The fourth-order valence-electron chi connectivity index (χ4n) is 2.20. The van der Waals surface area contributed by atoms with Crippen molar-refractivity contribution in [1.29, 1.82) is 0 Å². The molecule has 0 aliphatic rings. The Labute approximate surface area is 113 Å². The van der Waals surface area contributed by atoms with Gasteiger partial charge in [-0.15, -0.1) is 0 Å². The number of unbranched alkanes of at least 4 members (excludes halogenated alkanes) is 5. The SMILES string of the molecule is CCCCCCCCNc1ccc2oc(=O)[nH]c2c1. The van der Waals surface area contributed by atoms with E-state index >= 15 is 0 Å². The molecule has 2 aromatic rings. The molecule has 0 aliphatic carbocycles. The van der Waals surface area contributed by atoms with Gasteiger partial charge in [0.05, 0.1) is 5.52 Å². The maximum atomic E-state index is 11.0. The number of fused-ring (bicyclic) bond motifs is 1. The van der Waals surface area contributed by atoms with Gasteiger partial charge in [-0.3, -0.25) is 4.98 Å². The summed E-state index contributed by atoms with van der Waals surface area (Å²) < 4.78 is 4.96. The minimum Gasteiger partial charge on any atom is -0.408 e. The summed E-state index contributed by atoms with van der Waals surface area (Å²) in [6.45, 7) is 3.21. The quantitative estimate of drug-likeness (QED) is 0.709. The number of aromatic amines is 1. The number of oxazole rings is 1. The first-order chi connectivity index (χ1) is 9.29. The third-order valence-corrected chi connectivity index (χ3v) is 3.28. The Morgan fingerprint density at radius 3 is 2.79 bits per heavy atom. The average Bonchev–Trinajstić information content (AvgIpc) is 2.77. The number of benzene rings is 1. The van der Waals surface area contributed by atoms with Crippen molar-refractivity contribution in [3.05, 3.63) is 28.7 Å². The van der Waals surface area contributed by atoms with Crippen LogP contribution in [0.25, 0.3) is 11.1 Å². The van der Waals surface area contributed by atoms with Gasteiger partial charge in [0.25, 0.3) is 0 Å². The van der Waals surface area contributed by atoms with Crippen LogP contribution in [0.2, 0.25) is 0 Å². The molecular weight excluding hydrogens is 240 g/mol. The summed E-state index contributed by atoms with van der Waals surface area (Å²) in [5.41, 5.74) is 2.38. The summed E-state index contributed by atoms with van der Waals surface area (Å²) in [6, 6.07) is 5.67. The molecule has 1 heterocycles. The van der Waals surface area contributed by atoms with Gasteiger partial charge in [-0.1, -0.05) is 39.0 Å². The Bertz CT molecular complexity index is 557. The number of anilines is 1. The predicted molar refractivity (Wildman–Crippen MR) is 78.7 cm³/mol. The summed E-state index contributed by atoms with van der Waals surface area (Å²) in [7, 11) is 0. The van der Waals surface area contributed by atoms with Crippen molar-refractivity contribution < 1.29 is 4.42 Å². The number of nitrogens with one attached hydrogen (secondary N) is 2. The van der Waals surface area contributed by atoms with Gasteiger partial charge in [0.1, 0.15) is 0 Å². The molecule has 0 unspecified atom stereocenters. The van der Waals surface area contributed by atoms with E-state index in [0.717, 1.165) is 17.7 Å². The van der Waals surface area contributed by atoms with Gasteiger partial charge in [0.2, 0.25) is 0 Å². The molecular formula is C15H22N2O2. The highest BCUT2D eigenvalue weighted by Crippen LogP contribution is 2.16. The zero-order valence-corrected chi connectivity index (χ0v) is 11.5. The van der Waals surface area contributed by atoms with Crippen molar-refractivity contribution in [2.24, 2.45) is 0 Å². The lowest BCUT2D eigenvalue weighted by molar-refractivity contribution is 0.555. The summed E-state index contributed by atoms with van der Waals surface area (Å²) >= 11 is 0. The van der Waals surface area contributed by atoms with Crippen LogP contribution in [0.4, 0.5) is 5.69 Å². The maximum Gasteiger partial charge on any atom is 0.417 e. The van der Waals surface area contributed by atoms with Gasteiger partial charge in [0, 0.05) is 12.2 Å². The fourth-order valence-corrected chi connectivity index (χ4v) is 2.20. The molecule has 2 N–H and O–H groups in total. The zero-order valence-electron chi connectivity index (χ0n) is 11.5. The van der Waals surface area contributed by atoms with Crippen LogP contribution in [-0.2, 0) is 0 Å². The van der Waals surface area contributed by atoms with E-state index in [-0.39, 0.29) is 0 Å². The first-order valence-corrected chi connectivity index (χ1v) is 7.16. The Balaban J connectivity index is 1.74. The molecule has 4 nitrogen and oxygen atoms in total. The first-order valence-electron chi connectivity index (χ1n) is 7.16. The number of aromatic nitrogens is 1. The topological polar surface area (TPSA) is 58.0 Å². The standard InChI is InChI=1S/C15H22N2O2/c1-2-3-4-5-6-7-10-16-12-8-9-14-13(11-12)17-15(18)19-14/h8-9,11,16H,2-7,10H2,1H3,(H,17,18). The van der Waals surface area contributed by atoms with Gasteiger partial charge in [-0.25, -0.2) is 4.79 Å². The largest absolute Gasteiger partial charge is 0.417 e. The second kappa shape index (κ2) is 7.02. The highest BCUT2D eigenvalue weighted by atomic mass is 16.4. The first kappa shape index (κ1) is 13.7. The van der Waals surface area contributed by atoms with Crippen LogP contribution >= 0.6 is 0 Å². The van der Waals surface area contributed by atoms with Crippen LogP contribution in [0.5, 0.6) is 0 Å². The van der Waals surface area contributed by atoms with Gasteiger partial charge in [0.15, 0.2) is 5.58 Å². The molecule has 0 fully saturated rings. The summed E-state index contributed by atoms with van der Waals surface area (Å²) in [5.74, 6) is -0.400. The number of rotatable bonds is 8. The molecule has 2 rings (SSSR count). The molecule has 0 bridgehead atoms. The molecule has 0 saturated carbocycles. The van der Waals surface area contributed by atoms with Crippen molar-refractivity contribution in [3.63, 3.8) is 0 Å². The van der Waals surface area contributed by atoms with Crippen molar-refractivity contribution in [3.8, 4) is 0 Å². The highest BCUT2D eigenvalue weighted by molar-refractivity contribution is 5.76. The van der Waals surface area contributed by atoms with E-state index in [1.807, 2.05) is 18.2 Å². The molecule has 0 spiro atoms. The van der Waals surface area contributed by atoms with Crippen molar-refractivity contribution in [1.82, 2.24) is 4.98 Å². The van der Waals surface area contributed by atoms with E-state index in [4.69, 9.17) is 4.42 Å². The maximum absolute atomic E-state index is 11.0.